The molecule has 11 nitrogen and oxygen atoms in total. The van der Waals surface area contributed by atoms with Gasteiger partial charge >= 0.3 is 17.8 Å². The lowest BCUT2D eigenvalue weighted by molar-refractivity contribution is -0.253. The van der Waals surface area contributed by atoms with Gasteiger partial charge in [0.2, 0.25) is 5.91 Å². The van der Waals surface area contributed by atoms with Crippen molar-refractivity contribution in [3.05, 3.63) is 130 Å². The van der Waals surface area contributed by atoms with Crippen LogP contribution in [0, 0.1) is 0 Å². The first-order chi connectivity index (χ1) is 28.1. The van der Waals surface area contributed by atoms with Crippen LogP contribution in [0.4, 0.5) is 13.2 Å². The maximum Gasteiger partial charge on any atom is 0.471 e. The van der Waals surface area contributed by atoms with Crippen molar-refractivity contribution >= 4 is 22.8 Å². The number of nitrogens with one attached hydrogen (secondary N) is 2. The van der Waals surface area contributed by atoms with Gasteiger partial charge in [-0.25, -0.2) is 4.79 Å². The monoisotopic (exact) mass is 797 g/mol. The highest BCUT2D eigenvalue weighted by molar-refractivity contribution is 5.90. The summed E-state index contributed by atoms with van der Waals surface area (Å²) in [5.74, 6) is -2.61. The van der Waals surface area contributed by atoms with Crippen LogP contribution in [0.5, 0.6) is 0 Å². The van der Waals surface area contributed by atoms with Crippen molar-refractivity contribution in [3.63, 3.8) is 0 Å². The Kier molecular flexibility index (Phi) is 11.5. The molecule has 5 aromatic rings. The zero-order valence-corrected chi connectivity index (χ0v) is 31.9. The number of aliphatic hydroxyl groups is 1. The van der Waals surface area contributed by atoms with E-state index in [1.165, 1.54) is 0 Å². The number of amides is 2. The molecule has 3 saturated heterocycles. The molecule has 3 N–H and O–H groups in total. The molecule has 0 radical (unpaired) electrons. The van der Waals surface area contributed by atoms with Gasteiger partial charge in [-0.15, -0.1) is 0 Å². The number of aromatic amines is 1. The van der Waals surface area contributed by atoms with E-state index in [-0.39, 0.29) is 50.1 Å². The van der Waals surface area contributed by atoms with E-state index in [9.17, 15) is 32.7 Å². The highest BCUT2D eigenvalue weighted by Crippen LogP contribution is 2.39. The predicted octanol–water partition coefficient (Wildman–Crippen LogP) is 6.54. The fourth-order valence-electron chi connectivity index (χ4n) is 8.64. The molecule has 0 bridgehead atoms. The Bertz CT molecular complexity index is 2280. The third kappa shape index (κ3) is 8.46. The summed E-state index contributed by atoms with van der Waals surface area (Å²) in [6, 6.07) is 29.8. The van der Waals surface area contributed by atoms with Gasteiger partial charge in [0.1, 0.15) is 6.04 Å². The number of fused-ring (bicyclic) bond motifs is 1. The van der Waals surface area contributed by atoms with Gasteiger partial charge in [-0.1, -0.05) is 84.9 Å². The molecule has 1 aromatic heterocycles. The summed E-state index contributed by atoms with van der Waals surface area (Å²) in [4.78, 5) is 43.8. The standard InChI is InChI=1S/C44H46F3N5O6/c45-44(46,47)42(55)51-21-5-10-38(51)40(54)48-25-32-6-1-2-7-35(32)29-15-17-31(18-16-29)41-57-34(24-39(58-41)30-13-11-28(27-53)12-14-30)26-50-22-19-33(20-23-50)52-37-9-4-3-8-36(37)49-43(52)56/h1-4,6-9,11-18,33-34,38-39,41,53H,5,10,19-27H2,(H,48,54)(H,49,56)/t34-,38-,39+,41+/m0/s1. The Morgan fingerprint density at radius 2 is 1.55 bits per heavy atom. The van der Waals surface area contributed by atoms with E-state index in [0.717, 1.165) is 70.3 Å². The molecule has 4 aromatic carbocycles. The number of halogens is 3. The molecule has 2 amide bonds. The fourth-order valence-corrected chi connectivity index (χ4v) is 8.64. The minimum Gasteiger partial charge on any atom is -0.392 e. The van der Waals surface area contributed by atoms with Gasteiger partial charge in [-0.2, -0.15) is 13.2 Å². The Labute approximate surface area is 333 Å². The summed E-state index contributed by atoms with van der Waals surface area (Å²) >= 11 is 0. The number of carbonyl (C=O) groups is 2. The van der Waals surface area contributed by atoms with Crippen molar-refractivity contribution < 1.29 is 37.3 Å². The maximum atomic E-state index is 13.2. The van der Waals surface area contributed by atoms with Gasteiger partial charge in [0, 0.05) is 50.7 Å². The third-order valence-corrected chi connectivity index (χ3v) is 11.6. The van der Waals surface area contributed by atoms with Crippen molar-refractivity contribution in [2.45, 2.75) is 82.0 Å². The molecule has 3 aliphatic rings. The number of rotatable bonds is 10. The Morgan fingerprint density at radius 3 is 2.29 bits per heavy atom. The summed E-state index contributed by atoms with van der Waals surface area (Å²) in [5.41, 5.74) is 6.79. The normalized spacial score (nSPS) is 22.0. The van der Waals surface area contributed by atoms with E-state index in [0.29, 0.717) is 24.3 Å². The molecule has 3 aliphatic heterocycles. The van der Waals surface area contributed by atoms with Crippen LogP contribution in [-0.4, -0.2) is 80.8 Å². The van der Waals surface area contributed by atoms with Gasteiger partial charge in [0.25, 0.3) is 0 Å². The molecule has 3 fully saturated rings. The minimum atomic E-state index is -5.04. The molecule has 0 aliphatic carbocycles. The second-order valence-electron chi connectivity index (χ2n) is 15.4. The molecule has 0 saturated carbocycles. The maximum absolute atomic E-state index is 13.2. The van der Waals surface area contributed by atoms with E-state index >= 15 is 0 Å². The average Bonchev–Trinajstić information content (AvgIpc) is 3.87. The minimum absolute atomic E-state index is 0.0509. The van der Waals surface area contributed by atoms with Crippen LogP contribution < -0.4 is 11.0 Å². The molecule has 4 atom stereocenters. The van der Waals surface area contributed by atoms with Crippen molar-refractivity contribution in [1.29, 1.82) is 0 Å². The molecule has 58 heavy (non-hydrogen) atoms. The van der Waals surface area contributed by atoms with Crippen molar-refractivity contribution in [2.75, 3.05) is 26.2 Å². The number of hydrogen-bond donors (Lipinski definition) is 3. The van der Waals surface area contributed by atoms with Gasteiger partial charge in [-0.05, 0) is 65.6 Å². The smallest absolute Gasteiger partial charge is 0.392 e. The second-order valence-corrected chi connectivity index (χ2v) is 15.4. The van der Waals surface area contributed by atoms with Gasteiger partial charge in [-0.3, -0.25) is 14.2 Å². The number of aromatic nitrogens is 2. The lowest BCUT2D eigenvalue weighted by Gasteiger charge is -2.40. The Hall–Kier alpha value is -5.28. The van der Waals surface area contributed by atoms with Crippen LogP contribution >= 0.6 is 0 Å². The molecule has 14 heteroatoms. The number of hydrogen-bond acceptors (Lipinski definition) is 7. The first-order valence-electron chi connectivity index (χ1n) is 19.8. The number of H-pyrrole nitrogens is 1. The number of carbonyl (C=O) groups excluding carboxylic acids is 2. The van der Waals surface area contributed by atoms with E-state index < -0.39 is 30.3 Å². The van der Waals surface area contributed by atoms with Crippen LogP contribution in [0.25, 0.3) is 22.2 Å². The summed E-state index contributed by atoms with van der Waals surface area (Å²) in [7, 11) is 0. The van der Waals surface area contributed by atoms with E-state index in [1.807, 2.05) is 102 Å². The number of alkyl halides is 3. The van der Waals surface area contributed by atoms with Crippen LogP contribution in [0.15, 0.2) is 102 Å². The number of ether oxygens (including phenoxy) is 2. The summed E-state index contributed by atoms with van der Waals surface area (Å²) in [6.45, 7) is 2.24. The van der Waals surface area contributed by atoms with Gasteiger partial charge < -0.3 is 34.7 Å². The average molecular weight is 798 g/mol. The molecule has 0 unspecified atom stereocenters. The van der Waals surface area contributed by atoms with Crippen molar-refractivity contribution in [1.82, 2.24) is 24.7 Å². The van der Waals surface area contributed by atoms with Gasteiger partial charge in [0.15, 0.2) is 6.29 Å². The topological polar surface area (TPSA) is 129 Å². The number of piperidine rings is 1. The first-order valence-corrected chi connectivity index (χ1v) is 19.8. The Morgan fingerprint density at radius 1 is 0.845 bits per heavy atom. The van der Waals surface area contributed by atoms with E-state index in [2.05, 4.69) is 15.2 Å². The molecule has 0 spiro atoms. The summed E-state index contributed by atoms with van der Waals surface area (Å²) in [6.07, 6.45) is -3.31. The number of imidazole rings is 1. The molecule has 304 valence electrons. The summed E-state index contributed by atoms with van der Waals surface area (Å²) in [5, 5.41) is 12.4. The molecule has 4 heterocycles. The number of para-hydroxylation sites is 2. The lowest BCUT2D eigenvalue weighted by Crippen LogP contribution is -2.50. The number of likely N-dealkylation sites (tertiary alicyclic amines) is 2. The first kappa shape index (κ1) is 39.5. The zero-order valence-electron chi connectivity index (χ0n) is 31.9. The van der Waals surface area contributed by atoms with Crippen LogP contribution in [0.1, 0.15) is 72.8 Å². The second kappa shape index (κ2) is 16.9. The number of benzene rings is 4. The number of aliphatic hydroxyl groups excluding tert-OH is 1. The van der Waals surface area contributed by atoms with E-state index in [1.54, 1.807) is 0 Å². The Balaban J connectivity index is 0.951. The fraction of sp³-hybridized carbons (Fsp3) is 0.386. The SMILES string of the molecule is O=C(NCc1ccccc1-c1ccc([C@@H]2O[C@H](CN3CCC(n4c(=O)[nH]c5ccccc54)CC3)C[C@H](c3ccc(CO)cc3)O2)cc1)[C@@H]1CCCN1C(=O)C(F)(F)F. The zero-order chi connectivity index (χ0) is 40.4. The number of nitrogens with zero attached hydrogens (tertiary/aromatic N) is 3. The molecular formula is C44H46F3N5O6. The summed E-state index contributed by atoms with van der Waals surface area (Å²) < 4.78 is 54.6. The third-order valence-electron chi connectivity index (χ3n) is 11.6. The quantitative estimate of drug-likeness (QED) is 0.147. The predicted molar refractivity (Wildman–Crippen MR) is 210 cm³/mol. The highest BCUT2D eigenvalue weighted by atomic mass is 19.4. The molecule has 8 rings (SSSR count). The van der Waals surface area contributed by atoms with Crippen LogP contribution in [0.2, 0.25) is 0 Å². The van der Waals surface area contributed by atoms with E-state index in [4.69, 9.17) is 9.47 Å². The van der Waals surface area contributed by atoms with Crippen molar-refractivity contribution in [3.8, 4) is 11.1 Å². The van der Waals surface area contributed by atoms with Crippen LogP contribution in [-0.2, 0) is 32.2 Å². The lowest BCUT2D eigenvalue weighted by atomic mass is 9.97. The highest BCUT2D eigenvalue weighted by Gasteiger charge is 2.47. The molecular weight excluding hydrogens is 752 g/mol. The van der Waals surface area contributed by atoms with Gasteiger partial charge in [0.05, 0.1) is 29.8 Å². The largest absolute Gasteiger partial charge is 0.471 e. The van der Waals surface area contributed by atoms with Crippen molar-refractivity contribution in [2.24, 2.45) is 0 Å². The van der Waals surface area contributed by atoms with Crippen LogP contribution in [0.3, 0.4) is 0 Å².